The van der Waals surface area contributed by atoms with Gasteiger partial charge in [-0.15, -0.1) is 0 Å². The second kappa shape index (κ2) is 6.46. The Bertz CT molecular complexity index is 528. The van der Waals surface area contributed by atoms with Gasteiger partial charge in [-0.25, -0.2) is 0 Å². The third-order valence-electron chi connectivity index (χ3n) is 3.58. The third kappa shape index (κ3) is 2.91. The van der Waals surface area contributed by atoms with E-state index in [1.807, 2.05) is 0 Å². The molecule has 2 rings (SSSR count). The van der Waals surface area contributed by atoms with E-state index in [9.17, 15) is 5.11 Å². The fourth-order valence-electron chi connectivity index (χ4n) is 2.48. The van der Waals surface area contributed by atoms with Crippen LogP contribution in [-0.4, -0.2) is 31.3 Å². The fourth-order valence-corrected chi connectivity index (χ4v) is 2.73. The molecule has 1 N–H and O–H groups in total. The van der Waals surface area contributed by atoms with E-state index >= 15 is 0 Å². The standard InChI is InChI=1S/C15H20ClNO3/c1-9-5-4-6-17-13(9)11-7-12(16)14(18)10(2)15(11)20-8-19-3/h7,9,18H,4-6,8H2,1-3H3. The topological polar surface area (TPSA) is 51.0 Å². The number of rotatable bonds is 4. The van der Waals surface area contributed by atoms with Gasteiger partial charge in [0.05, 0.1) is 5.02 Å². The zero-order chi connectivity index (χ0) is 14.7. The molecule has 20 heavy (non-hydrogen) atoms. The number of nitrogens with zero attached hydrogens (tertiary/aromatic N) is 1. The molecule has 1 aromatic rings. The average Bonchev–Trinajstić information content (AvgIpc) is 2.44. The van der Waals surface area contributed by atoms with Crippen LogP contribution in [0.5, 0.6) is 11.5 Å². The molecular weight excluding hydrogens is 278 g/mol. The molecule has 0 aromatic heterocycles. The van der Waals surface area contributed by atoms with Crippen molar-refractivity contribution >= 4 is 17.3 Å². The van der Waals surface area contributed by atoms with E-state index in [2.05, 4.69) is 11.9 Å². The summed E-state index contributed by atoms with van der Waals surface area (Å²) in [6.45, 7) is 4.87. The highest BCUT2D eigenvalue weighted by atomic mass is 35.5. The van der Waals surface area contributed by atoms with Crippen LogP contribution in [0.3, 0.4) is 0 Å². The highest BCUT2D eigenvalue weighted by Crippen LogP contribution is 2.39. The molecule has 0 saturated heterocycles. The highest BCUT2D eigenvalue weighted by molar-refractivity contribution is 6.32. The van der Waals surface area contributed by atoms with Crippen LogP contribution in [0.15, 0.2) is 11.1 Å². The largest absolute Gasteiger partial charge is 0.506 e. The molecule has 110 valence electrons. The molecule has 0 saturated carbocycles. The summed E-state index contributed by atoms with van der Waals surface area (Å²) in [5.41, 5.74) is 2.46. The molecule has 0 radical (unpaired) electrons. The van der Waals surface area contributed by atoms with Gasteiger partial charge in [0.15, 0.2) is 6.79 Å². The molecule has 1 unspecified atom stereocenters. The van der Waals surface area contributed by atoms with Gasteiger partial charge in [0, 0.05) is 30.5 Å². The third-order valence-corrected chi connectivity index (χ3v) is 3.87. The summed E-state index contributed by atoms with van der Waals surface area (Å²) >= 11 is 6.10. The van der Waals surface area contributed by atoms with Crippen molar-refractivity contribution < 1.29 is 14.6 Å². The summed E-state index contributed by atoms with van der Waals surface area (Å²) in [7, 11) is 1.56. The Labute approximate surface area is 124 Å². The Hall–Kier alpha value is -1.26. The lowest BCUT2D eigenvalue weighted by atomic mass is 9.90. The summed E-state index contributed by atoms with van der Waals surface area (Å²) < 4.78 is 10.6. The van der Waals surface area contributed by atoms with Gasteiger partial charge in [-0.05, 0) is 31.7 Å². The highest BCUT2D eigenvalue weighted by Gasteiger charge is 2.23. The van der Waals surface area contributed by atoms with Gasteiger partial charge in [-0.1, -0.05) is 18.5 Å². The van der Waals surface area contributed by atoms with Gasteiger partial charge < -0.3 is 14.6 Å². The Balaban J connectivity index is 2.52. The number of hydrogen-bond acceptors (Lipinski definition) is 4. The van der Waals surface area contributed by atoms with Gasteiger partial charge in [-0.2, -0.15) is 0 Å². The van der Waals surface area contributed by atoms with Crippen LogP contribution in [0.25, 0.3) is 0 Å². The molecule has 0 aliphatic carbocycles. The van der Waals surface area contributed by atoms with E-state index in [0.29, 0.717) is 22.3 Å². The Morgan fingerprint density at radius 2 is 2.25 bits per heavy atom. The summed E-state index contributed by atoms with van der Waals surface area (Å²) in [4.78, 5) is 4.62. The number of ether oxygens (including phenoxy) is 2. The molecule has 0 amide bonds. The molecule has 1 aliphatic heterocycles. The molecule has 1 aliphatic rings. The van der Waals surface area contributed by atoms with E-state index in [-0.39, 0.29) is 12.5 Å². The number of aromatic hydroxyl groups is 1. The van der Waals surface area contributed by atoms with Crippen LogP contribution in [0.4, 0.5) is 0 Å². The monoisotopic (exact) mass is 297 g/mol. The van der Waals surface area contributed by atoms with Crippen LogP contribution in [0.2, 0.25) is 5.02 Å². The first kappa shape index (κ1) is 15.1. The normalized spacial score (nSPS) is 18.8. The van der Waals surface area contributed by atoms with Crippen molar-refractivity contribution in [1.82, 2.24) is 0 Å². The van der Waals surface area contributed by atoms with Crippen molar-refractivity contribution in [2.45, 2.75) is 26.7 Å². The van der Waals surface area contributed by atoms with Crippen molar-refractivity contribution in [3.8, 4) is 11.5 Å². The Morgan fingerprint density at radius 3 is 2.90 bits per heavy atom. The molecule has 0 fully saturated rings. The minimum Gasteiger partial charge on any atom is -0.506 e. The van der Waals surface area contributed by atoms with Crippen LogP contribution in [0, 0.1) is 12.8 Å². The van der Waals surface area contributed by atoms with Crippen LogP contribution < -0.4 is 4.74 Å². The maximum Gasteiger partial charge on any atom is 0.188 e. The first-order valence-corrected chi connectivity index (χ1v) is 7.12. The van der Waals surface area contributed by atoms with Crippen LogP contribution >= 0.6 is 11.6 Å². The van der Waals surface area contributed by atoms with Crippen molar-refractivity contribution in [1.29, 1.82) is 0 Å². The summed E-state index contributed by atoms with van der Waals surface area (Å²) in [6, 6.07) is 1.73. The number of aliphatic imine (C=N–C) groups is 1. The smallest absolute Gasteiger partial charge is 0.188 e. The fraction of sp³-hybridized carbons (Fsp3) is 0.533. The van der Waals surface area contributed by atoms with Gasteiger partial charge in [0.25, 0.3) is 0 Å². The second-order valence-electron chi connectivity index (χ2n) is 5.07. The van der Waals surface area contributed by atoms with Crippen LogP contribution in [0.1, 0.15) is 30.9 Å². The predicted octanol–water partition coefficient (Wildman–Crippen LogP) is 3.56. The molecular formula is C15H20ClNO3. The van der Waals surface area contributed by atoms with Crippen LogP contribution in [-0.2, 0) is 4.74 Å². The van der Waals surface area contributed by atoms with E-state index in [4.69, 9.17) is 21.1 Å². The maximum absolute atomic E-state index is 9.98. The number of methoxy groups -OCH3 is 1. The number of hydrogen-bond donors (Lipinski definition) is 1. The lowest BCUT2D eigenvalue weighted by molar-refractivity contribution is 0.0503. The van der Waals surface area contributed by atoms with Gasteiger partial charge in [0.1, 0.15) is 11.5 Å². The first-order chi connectivity index (χ1) is 9.56. The Kier molecular flexibility index (Phi) is 4.89. The minimum absolute atomic E-state index is 0.0468. The molecule has 0 bridgehead atoms. The lowest BCUT2D eigenvalue weighted by Gasteiger charge is -2.23. The zero-order valence-electron chi connectivity index (χ0n) is 12.1. The van der Waals surface area contributed by atoms with Gasteiger partial charge in [-0.3, -0.25) is 4.99 Å². The number of phenolic OH excluding ortho intramolecular Hbond substituents is 1. The van der Waals surface area contributed by atoms with E-state index in [1.54, 1.807) is 20.1 Å². The van der Waals surface area contributed by atoms with Gasteiger partial charge in [0.2, 0.25) is 0 Å². The molecule has 1 heterocycles. The predicted molar refractivity (Wildman–Crippen MR) is 80.2 cm³/mol. The molecule has 0 spiro atoms. The number of phenols is 1. The van der Waals surface area contributed by atoms with Crippen molar-refractivity contribution in [2.24, 2.45) is 10.9 Å². The maximum atomic E-state index is 9.98. The first-order valence-electron chi connectivity index (χ1n) is 6.74. The zero-order valence-corrected chi connectivity index (χ0v) is 12.8. The molecule has 1 aromatic carbocycles. The molecule has 1 atom stereocenters. The summed E-state index contributed by atoms with van der Waals surface area (Å²) in [6.07, 6.45) is 2.20. The molecule has 5 heteroatoms. The second-order valence-corrected chi connectivity index (χ2v) is 5.48. The van der Waals surface area contributed by atoms with Crippen molar-refractivity contribution in [3.05, 3.63) is 22.2 Å². The summed E-state index contributed by atoms with van der Waals surface area (Å²) in [5, 5.41) is 10.3. The SMILES string of the molecule is COCOc1c(C2=NCCCC2C)cc(Cl)c(O)c1C. The summed E-state index contributed by atoms with van der Waals surface area (Å²) in [5.74, 6) is 1.00. The van der Waals surface area contributed by atoms with Crippen molar-refractivity contribution in [2.75, 3.05) is 20.4 Å². The van der Waals surface area contributed by atoms with E-state index in [0.717, 1.165) is 30.7 Å². The minimum atomic E-state index is 0.0468. The Morgan fingerprint density at radius 1 is 1.50 bits per heavy atom. The quantitative estimate of drug-likeness (QED) is 0.865. The van der Waals surface area contributed by atoms with Crippen molar-refractivity contribution in [3.63, 3.8) is 0 Å². The average molecular weight is 298 g/mol. The van der Waals surface area contributed by atoms with E-state index in [1.165, 1.54) is 0 Å². The lowest BCUT2D eigenvalue weighted by Crippen LogP contribution is -2.20. The number of benzene rings is 1. The van der Waals surface area contributed by atoms with E-state index < -0.39 is 0 Å². The number of halogens is 1. The molecule has 4 nitrogen and oxygen atoms in total. The van der Waals surface area contributed by atoms with Gasteiger partial charge >= 0.3 is 0 Å².